The van der Waals surface area contributed by atoms with Gasteiger partial charge in [-0.25, -0.2) is 24.0 Å². The minimum atomic E-state index is -3.76. The number of carbonyl (C=O) groups excluding carboxylic acids is 1. The second kappa shape index (κ2) is 4.88. The summed E-state index contributed by atoms with van der Waals surface area (Å²) in [6.45, 7) is 0.281. The van der Waals surface area contributed by atoms with Gasteiger partial charge < -0.3 is 10.7 Å². The SMILES string of the molecule is NNc1ncccc1S(=O)(=O)NC1CNC(=O)C1. The lowest BCUT2D eigenvalue weighted by Gasteiger charge is -2.13. The molecule has 0 bridgehead atoms. The van der Waals surface area contributed by atoms with Crippen molar-refractivity contribution in [1.82, 2.24) is 15.0 Å². The van der Waals surface area contributed by atoms with E-state index in [1.54, 1.807) is 0 Å². The molecule has 0 aliphatic carbocycles. The number of amides is 1. The van der Waals surface area contributed by atoms with Crippen LogP contribution in [-0.4, -0.2) is 31.9 Å². The molecule has 18 heavy (non-hydrogen) atoms. The van der Waals surface area contributed by atoms with Crippen molar-refractivity contribution in [3.8, 4) is 0 Å². The lowest BCUT2D eigenvalue weighted by molar-refractivity contribution is -0.119. The van der Waals surface area contributed by atoms with E-state index in [9.17, 15) is 13.2 Å². The molecule has 1 aromatic rings. The fourth-order valence-corrected chi connectivity index (χ4v) is 3.04. The highest BCUT2D eigenvalue weighted by molar-refractivity contribution is 7.89. The lowest BCUT2D eigenvalue weighted by atomic mass is 10.3. The number of sulfonamides is 1. The van der Waals surface area contributed by atoms with E-state index in [0.29, 0.717) is 0 Å². The topological polar surface area (TPSA) is 126 Å². The van der Waals surface area contributed by atoms with Gasteiger partial charge in [-0.2, -0.15) is 0 Å². The molecule has 2 rings (SSSR count). The first kappa shape index (κ1) is 12.7. The third-order valence-corrected chi connectivity index (χ3v) is 4.05. The van der Waals surface area contributed by atoms with Gasteiger partial charge in [0, 0.05) is 25.2 Å². The van der Waals surface area contributed by atoms with Gasteiger partial charge in [0.1, 0.15) is 4.90 Å². The van der Waals surface area contributed by atoms with Crippen molar-refractivity contribution in [2.24, 2.45) is 5.84 Å². The quantitative estimate of drug-likeness (QED) is 0.391. The van der Waals surface area contributed by atoms with Crippen molar-refractivity contribution in [3.63, 3.8) is 0 Å². The molecule has 1 aliphatic rings. The number of hydrogen-bond acceptors (Lipinski definition) is 6. The van der Waals surface area contributed by atoms with Crippen LogP contribution in [0.1, 0.15) is 6.42 Å². The summed E-state index contributed by atoms with van der Waals surface area (Å²) in [5.74, 6) is 5.09. The zero-order valence-electron chi connectivity index (χ0n) is 9.38. The number of nitrogens with zero attached hydrogens (tertiary/aromatic N) is 1. The van der Waals surface area contributed by atoms with Gasteiger partial charge in [0.15, 0.2) is 5.82 Å². The number of pyridine rings is 1. The molecule has 0 aromatic carbocycles. The number of rotatable bonds is 4. The summed E-state index contributed by atoms with van der Waals surface area (Å²) < 4.78 is 26.6. The van der Waals surface area contributed by atoms with E-state index in [1.165, 1.54) is 18.3 Å². The van der Waals surface area contributed by atoms with Crippen LogP contribution in [0.15, 0.2) is 23.2 Å². The van der Waals surface area contributed by atoms with Gasteiger partial charge in [-0.05, 0) is 12.1 Å². The Balaban J connectivity index is 2.22. The third kappa shape index (κ3) is 2.58. The Hall–Kier alpha value is -1.71. The number of nitrogens with two attached hydrogens (primary N) is 1. The zero-order chi connectivity index (χ0) is 13.2. The molecule has 1 fully saturated rings. The Kier molecular flexibility index (Phi) is 3.45. The van der Waals surface area contributed by atoms with Crippen LogP contribution >= 0.6 is 0 Å². The largest absolute Gasteiger partial charge is 0.354 e. The fourth-order valence-electron chi connectivity index (χ4n) is 1.69. The van der Waals surface area contributed by atoms with E-state index in [2.05, 4.69) is 20.4 Å². The molecule has 2 heterocycles. The Labute approximate surface area is 104 Å². The molecular formula is C9H13N5O3S. The standard InChI is InChI=1S/C9H13N5O3S/c10-13-9-7(2-1-3-11-9)18(16,17)14-6-4-8(15)12-5-6/h1-3,6,14H,4-5,10H2,(H,11,13)(H,12,15). The van der Waals surface area contributed by atoms with Crippen LogP contribution in [0, 0.1) is 0 Å². The van der Waals surface area contributed by atoms with Crippen LogP contribution in [0.4, 0.5) is 5.82 Å². The Morgan fingerprint density at radius 3 is 2.89 bits per heavy atom. The Morgan fingerprint density at radius 1 is 1.50 bits per heavy atom. The van der Waals surface area contributed by atoms with Gasteiger partial charge in [-0.3, -0.25) is 4.79 Å². The number of nitrogen functional groups attached to an aromatic ring is 1. The normalized spacial score (nSPS) is 19.6. The molecule has 1 saturated heterocycles. The van der Waals surface area contributed by atoms with Crippen LogP contribution < -0.4 is 21.3 Å². The first-order valence-corrected chi connectivity index (χ1v) is 6.72. The molecule has 0 saturated carbocycles. The summed E-state index contributed by atoms with van der Waals surface area (Å²) in [6.07, 6.45) is 1.56. The number of hydrazine groups is 1. The first-order chi connectivity index (χ1) is 8.53. The smallest absolute Gasteiger partial charge is 0.244 e. The first-order valence-electron chi connectivity index (χ1n) is 5.23. The van der Waals surface area contributed by atoms with Gasteiger partial charge in [0.25, 0.3) is 0 Å². The molecule has 1 amide bonds. The van der Waals surface area contributed by atoms with E-state index in [4.69, 9.17) is 5.84 Å². The van der Waals surface area contributed by atoms with Crippen LogP contribution in [0.3, 0.4) is 0 Å². The van der Waals surface area contributed by atoms with Gasteiger partial charge in [0.05, 0.1) is 0 Å². The molecule has 0 radical (unpaired) electrons. The van der Waals surface area contributed by atoms with E-state index in [-0.39, 0.29) is 29.6 Å². The van der Waals surface area contributed by atoms with Gasteiger partial charge in [0.2, 0.25) is 15.9 Å². The van der Waals surface area contributed by atoms with Gasteiger partial charge in [-0.1, -0.05) is 0 Å². The van der Waals surface area contributed by atoms with Crippen LogP contribution in [0.25, 0.3) is 0 Å². The molecule has 5 N–H and O–H groups in total. The summed E-state index contributed by atoms with van der Waals surface area (Å²) in [7, 11) is -3.76. The maximum Gasteiger partial charge on any atom is 0.244 e. The third-order valence-electron chi connectivity index (χ3n) is 2.50. The lowest BCUT2D eigenvalue weighted by Crippen LogP contribution is -2.36. The van der Waals surface area contributed by atoms with Crippen LogP contribution in [-0.2, 0) is 14.8 Å². The number of hydrogen-bond donors (Lipinski definition) is 4. The average molecular weight is 271 g/mol. The summed E-state index contributed by atoms with van der Waals surface area (Å²) in [5.41, 5.74) is 2.22. The predicted octanol–water partition coefficient (Wildman–Crippen LogP) is -1.47. The molecule has 1 aromatic heterocycles. The van der Waals surface area contributed by atoms with E-state index in [0.717, 1.165) is 0 Å². The van der Waals surface area contributed by atoms with Gasteiger partial charge >= 0.3 is 0 Å². The molecule has 1 unspecified atom stereocenters. The minimum Gasteiger partial charge on any atom is -0.354 e. The molecule has 1 aliphatic heterocycles. The minimum absolute atomic E-state index is 0.0492. The molecular weight excluding hydrogens is 258 g/mol. The van der Waals surface area contributed by atoms with Crippen LogP contribution in [0.5, 0.6) is 0 Å². The highest BCUT2D eigenvalue weighted by Crippen LogP contribution is 2.17. The van der Waals surface area contributed by atoms with Gasteiger partial charge in [-0.15, -0.1) is 0 Å². The summed E-state index contributed by atoms with van der Waals surface area (Å²) in [4.78, 5) is 14.8. The highest BCUT2D eigenvalue weighted by Gasteiger charge is 2.28. The molecule has 8 nitrogen and oxygen atoms in total. The Morgan fingerprint density at radius 2 is 2.28 bits per heavy atom. The van der Waals surface area contributed by atoms with Crippen LogP contribution in [0.2, 0.25) is 0 Å². The summed E-state index contributed by atoms with van der Waals surface area (Å²) >= 11 is 0. The zero-order valence-corrected chi connectivity index (χ0v) is 10.2. The number of aromatic nitrogens is 1. The second-order valence-electron chi connectivity index (χ2n) is 3.82. The highest BCUT2D eigenvalue weighted by atomic mass is 32.2. The molecule has 0 spiro atoms. The van der Waals surface area contributed by atoms with Crippen molar-refractivity contribution in [1.29, 1.82) is 0 Å². The van der Waals surface area contributed by atoms with E-state index in [1.807, 2.05) is 0 Å². The number of anilines is 1. The second-order valence-corrected chi connectivity index (χ2v) is 5.50. The average Bonchev–Trinajstić information content (AvgIpc) is 2.74. The molecule has 98 valence electrons. The van der Waals surface area contributed by atoms with Crippen molar-refractivity contribution in [3.05, 3.63) is 18.3 Å². The number of carbonyl (C=O) groups is 1. The maximum atomic E-state index is 12.1. The summed E-state index contributed by atoms with van der Waals surface area (Å²) in [6, 6.07) is 2.43. The summed E-state index contributed by atoms with van der Waals surface area (Å²) in [5, 5.41) is 2.55. The Bertz CT molecular complexity index is 559. The van der Waals surface area contributed by atoms with Crippen molar-refractivity contribution in [2.45, 2.75) is 17.4 Å². The van der Waals surface area contributed by atoms with Crippen molar-refractivity contribution >= 4 is 21.7 Å². The van der Waals surface area contributed by atoms with Crippen molar-refractivity contribution in [2.75, 3.05) is 12.0 Å². The van der Waals surface area contributed by atoms with E-state index >= 15 is 0 Å². The maximum absolute atomic E-state index is 12.1. The molecule has 9 heteroatoms. The fraction of sp³-hybridized carbons (Fsp3) is 0.333. The monoisotopic (exact) mass is 271 g/mol. The van der Waals surface area contributed by atoms with E-state index < -0.39 is 16.1 Å². The van der Waals surface area contributed by atoms with Crippen molar-refractivity contribution < 1.29 is 13.2 Å². The molecule has 1 atom stereocenters. The predicted molar refractivity (Wildman–Crippen MR) is 63.8 cm³/mol. The number of nitrogens with one attached hydrogen (secondary N) is 3.